The van der Waals surface area contributed by atoms with E-state index in [9.17, 15) is 8.78 Å². The lowest BCUT2D eigenvalue weighted by atomic mass is 10.3. The summed E-state index contributed by atoms with van der Waals surface area (Å²) in [5.74, 6) is 0.621. The number of ether oxygens (including phenoxy) is 1. The fourth-order valence-electron chi connectivity index (χ4n) is 0.978. The van der Waals surface area contributed by atoms with Crippen LogP contribution >= 0.6 is 15.9 Å². The lowest BCUT2D eigenvalue weighted by molar-refractivity contribution is 0.163. The van der Waals surface area contributed by atoms with Crippen molar-refractivity contribution >= 4 is 21.6 Å². The first kappa shape index (κ1) is 11.2. The summed E-state index contributed by atoms with van der Waals surface area (Å²) in [5.41, 5.74) is 0.608. The van der Waals surface area contributed by atoms with Crippen LogP contribution in [0.3, 0.4) is 0 Å². The first-order chi connectivity index (χ1) is 6.61. The van der Waals surface area contributed by atoms with E-state index in [0.29, 0.717) is 11.4 Å². The van der Waals surface area contributed by atoms with Gasteiger partial charge < -0.3 is 10.1 Å². The van der Waals surface area contributed by atoms with Crippen LogP contribution in [-0.4, -0.2) is 20.1 Å². The van der Waals surface area contributed by atoms with Crippen molar-refractivity contribution in [1.82, 2.24) is 0 Å². The number of hydrogen-bond acceptors (Lipinski definition) is 2. The normalized spacial score (nSPS) is 10.4. The van der Waals surface area contributed by atoms with Crippen molar-refractivity contribution in [2.45, 2.75) is 6.43 Å². The summed E-state index contributed by atoms with van der Waals surface area (Å²) < 4.78 is 29.6. The van der Waals surface area contributed by atoms with Gasteiger partial charge in [0.1, 0.15) is 5.75 Å². The minimum atomic E-state index is -2.36. The van der Waals surface area contributed by atoms with Crippen LogP contribution in [0.25, 0.3) is 0 Å². The lowest BCUT2D eigenvalue weighted by Gasteiger charge is -2.08. The van der Waals surface area contributed by atoms with Crippen LogP contribution in [0.1, 0.15) is 0 Å². The molecule has 0 saturated carbocycles. The monoisotopic (exact) mass is 265 g/mol. The van der Waals surface area contributed by atoms with Crippen molar-refractivity contribution in [2.24, 2.45) is 0 Å². The van der Waals surface area contributed by atoms with Crippen LogP contribution in [-0.2, 0) is 0 Å². The Bertz CT molecular complexity index is 307. The molecule has 1 aromatic rings. The van der Waals surface area contributed by atoms with E-state index in [1.54, 1.807) is 18.2 Å². The number of anilines is 1. The predicted molar refractivity (Wildman–Crippen MR) is 55.2 cm³/mol. The molecule has 5 heteroatoms. The molecule has 0 aliphatic carbocycles. The molecule has 1 aromatic carbocycles. The van der Waals surface area contributed by atoms with Gasteiger partial charge >= 0.3 is 0 Å². The van der Waals surface area contributed by atoms with Gasteiger partial charge in [-0.1, -0.05) is 15.9 Å². The Hall–Kier alpha value is -0.840. The van der Waals surface area contributed by atoms with Crippen LogP contribution in [0, 0.1) is 0 Å². The molecular formula is C9H10BrF2NO. The molecule has 0 bridgehead atoms. The number of nitrogens with one attached hydrogen (secondary N) is 1. The first-order valence-corrected chi connectivity index (χ1v) is 4.77. The van der Waals surface area contributed by atoms with Crippen molar-refractivity contribution in [3.05, 3.63) is 22.7 Å². The summed E-state index contributed by atoms with van der Waals surface area (Å²) in [6.45, 7) is -0.362. The third kappa shape index (κ3) is 3.49. The summed E-state index contributed by atoms with van der Waals surface area (Å²) in [7, 11) is 1.53. The van der Waals surface area contributed by atoms with Gasteiger partial charge in [0, 0.05) is 16.2 Å². The second-order valence-corrected chi connectivity index (χ2v) is 3.57. The molecule has 0 atom stereocenters. The fraction of sp³-hybridized carbons (Fsp3) is 0.333. The molecule has 2 nitrogen and oxygen atoms in total. The minimum absolute atomic E-state index is 0.362. The Morgan fingerprint density at radius 1 is 1.43 bits per heavy atom. The molecule has 0 amide bonds. The van der Waals surface area contributed by atoms with E-state index in [0.717, 1.165) is 4.47 Å². The Balaban J connectivity index is 2.71. The zero-order valence-electron chi connectivity index (χ0n) is 7.56. The van der Waals surface area contributed by atoms with Gasteiger partial charge in [-0.05, 0) is 12.1 Å². The standard InChI is InChI=1S/C9H10BrF2NO/c1-14-8-3-6(10)2-7(4-8)13-5-9(11)12/h2-4,9,13H,5H2,1H3. The summed E-state index contributed by atoms with van der Waals surface area (Å²) in [4.78, 5) is 0. The molecule has 0 fully saturated rings. The SMILES string of the molecule is COc1cc(Br)cc(NCC(F)F)c1. The lowest BCUT2D eigenvalue weighted by Crippen LogP contribution is -2.10. The van der Waals surface area contributed by atoms with E-state index in [1.807, 2.05) is 0 Å². The molecule has 78 valence electrons. The third-order valence-corrected chi connectivity index (χ3v) is 2.03. The van der Waals surface area contributed by atoms with Gasteiger partial charge in [-0.2, -0.15) is 0 Å². The van der Waals surface area contributed by atoms with E-state index < -0.39 is 6.43 Å². The topological polar surface area (TPSA) is 21.3 Å². The molecule has 0 aliphatic heterocycles. The highest BCUT2D eigenvalue weighted by atomic mass is 79.9. The highest BCUT2D eigenvalue weighted by Gasteiger charge is 2.03. The first-order valence-electron chi connectivity index (χ1n) is 3.98. The molecule has 0 saturated heterocycles. The van der Waals surface area contributed by atoms with Gasteiger partial charge in [0.25, 0.3) is 6.43 Å². The van der Waals surface area contributed by atoms with E-state index in [1.165, 1.54) is 7.11 Å². The molecule has 0 radical (unpaired) electrons. The van der Waals surface area contributed by atoms with Crippen LogP contribution in [0.15, 0.2) is 22.7 Å². The maximum atomic E-state index is 11.9. The Morgan fingerprint density at radius 3 is 2.71 bits per heavy atom. The van der Waals surface area contributed by atoms with Gasteiger partial charge in [-0.3, -0.25) is 0 Å². The van der Waals surface area contributed by atoms with Crippen LogP contribution in [0.4, 0.5) is 14.5 Å². The quantitative estimate of drug-likeness (QED) is 0.903. The van der Waals surface area contributed by atoms with E-state index in [-0.39, 0.29) is 6.54 Å². The van der Waals surface area contributed by atoms with Crippen molar-refractivity contribution in [2.75, 3.05) is 19.0 Å². The molecule has 1 N–H and O–H groups in total. The van der Waals surface area contributed by atoms with Gasteiger partial charge in [-0.15, -0.1) is 0 Å². The maximum absolute atomic E-state index is 11.9. The molecule has 1 rings (SSSR count). The molecular weight excluding hydrogens is 256 g/mol. The minimum Gasteiger partial charge on any atom is -0.497 e. The van der Waals surface area contributed by atoms with Crippen LogP contribution < -0.4 is 10.1 Å². The highest BCUT2D eigenvalue weighted by molar-refractivity contribution is 9.10. The number of benzene rings is 1. The average Bonchev–Trinajstić information content (AvgIpc) is 2.14. The average molecular weight is 266 g/mol. The zero-order chi connectivity index (χ0) is 10.6. The van der Waals surface area contributed by atoms with Gasteiger partial charge in [-0.25, -0.2) is 8.78 Å². The van der Waals surface area contributed by atoms with E-state index in [2.05, 4.69) is 21.2 Å². The summed E-state index contributed by atoms with van der Waals surface area (Å²) in [6, 6.07) is 5.13. The summed E-state index contributed by atoms with van der Waals surface area (Å²) in [5, 5.41) is 2.60. The number of rotatable bonds is 4. The number of hydrogen-bond donors (Lipinski definition) is 1. The fourth-order valence-corrected chi connectivity index (χ4v) is 1.45. The molecule has 0 heterocycles. The van der Waals surface area contributed by atoms with Crippen molar-refractivity contribution in [1.29, 1.82) is 0 Å². The number of methoxy groups -OCH3 is 1. The molecule has 0 spiro atoms. The number of alkyl halides is 2. The Morgan fingerprint density at radius 2 is 2.14 bits per heavy atom. The Labute approximate surface area is 89.4 Å². The molecule has 0 aliphatic rings. The van der Waals surface area contributed by atoms with Crippen LogP contribution in [0.5, 0.6) is 5.75 Å². The predicted octanol–water partition coefficient (Wildman–Crippen LogP) is 3.13. The van der Waals surface area contributed by atoms with E-state index in [4.69, 9.17) is 4.74 Å². The summed E-state index contributed by atoms with van der Waals surface area (Å²) >= 11 is 3.25. The van der Waals surface area contributed by atoms with Crippen molar-refractivity contribution in [3.63, 3.8) is 0 Å². The summed E-state index contributed by atoms with van der Waals surface area (Å²) in [6.07, 6.45) is -2.36. The second kappa shape index (κ2) is 5.14. The molecule has 0 unspecified atom stereocenters. The van der Waals surface area contributed by atoms with Crippen molar-refractivity contribution in [3.8, 4) is 5.75 Å². The third-order valence-electron chi connectivity index (χ3n) is 1.57. The largest absolute Gasteiger partial charge is 0.497 e. The number of halogens is 3. The second-order valence-electron chi connectivity index (χ2n) is 2.65. The van der Waals surface area contributed by atoms with Crippen LogP contribution in [0.2, 0.25) is 0 Å². The zero-order valence-corrected chi connectivity index (χ0v) is 9.14. The molecule has 14 heavy (non-hydrogen) atoms. The maximum Gasteiger partial charge on any atom is 0.255 e. The van der Waals surface area contributed by atoms with E-state index >= 15 is 0 Å². The highest BCUT2D eigenvalue weighted by Crippen LogP contribution is 2.24. The Kier molecular flexibility index (Phi) is 4.13. The van der Waals surface area contributed by atoms with Gasteiger partial charge in [0.05, 0.1) is 13.7 Å². The molecule has 0 aromatic heterocycles. The van der Waals surface area contributed by atoms with Crippen molar-refractivity contribution < 1.29 is 13.5 Å². The van der Waals surface area contributed by atoms with Gasteiger partial charge in [0.15, 0.2) is 0 Å². The smallest absolute Gasteiger partial charge is 0.255 e. The van der Waals surface area contributed by atoms with Gasteiger partial charge in [0.2, 0.25) is 0 Å².